The summed E-state index contributed by atoms with van der Waals surface area (Å²) in [5.41, 5.74) is 9.65. The van der Waals surface area contributed by atoms with Crippen molar-refractivity contribution < 1.29 is 4.79 Å². The molecule has 0 aromatic heterocycles. The van der Waals surface area contributed by atoms with Gasteiger partial charge in [-0.3, -0.25) is 4.79 Å². The SMILES string of the molecule is CC(C)(C)c1ccc2c(c1)C1(c3ccccc3C2=O)c2ccccc2-c2ccccc21. The van der Waals surface area contributed by atoms with Crippen molar-refractivity contribution in [3.05, 3.63) is 130 Å². The van der Waals surface area contributed by atoms with Gasteiger partial charge in [0.05, 0.1) is 5.41 Å². The third-order valence-corrected chi connectivity index (χ3v) is 7.06. The second-order valence-corrected chi connectivity index (χ2v) is 9.73. The summed E-state index contributed by atoms with van der Waals surface area (Å²) in [5, 5.41) is 0. The maximum absolute atomic E-state index is 13.6. The van der Waals surface area contributed by atoms with Gasteiger partial charge in [-0.25, -0.2) is 0 Å². The Kier molecular flexibility index (Phi) is 3.57. The van der Waals surface area contributed by atoms with Gasteiger partial charge < -0.3 is 0 Å². The predicted octanol–water partition coefficient (Wildman–Crippen LogP) is 6.89. The first-order valence-corrected chi connectivity index (χ1v) is 10.9. The lowest BCUT2D eigenvalue weighted by Crippen LogP contribution is -2.37. The second-order valence-electron chi connectivity index (χ2n) is 9.73. The van der Waals surface area contributed by atoms with Crippen LogP contribution in [0, 0.1) is 0 Å². The summed E-state index contributed by atoms with van der Waals surface area (Å²) in [6.45, 7) is 6.70. The van der Waals surface area contributed by atoms with Crippen molar-refractivity contribution in [1.29, 1.82) is 0 Å². The molecule has 0 bridgehead atoms. The molecule has 1 heteroatoms. The Morgan fingerprint density at radius 1 is 0.548 bits per heavy atom. The fourth-order valence-corrected chi connectivity index (χ4v) is 5.63. The van der Waals surface area contributed by atoms with Crippen LogP contribution in [0.15, 0.2) is 91.0 Å². The number of carbonyl (C=O) groups is 1. The van der Waals surface area contributed by atoms with Crippen LogP contribution in [0.1, 0.15) is 64.5 Å². The minimum atomic E-state index is -0.478. The van der Waals surface area contributed by atoms with Crippen LogP contribution in [0.25, 0.3) is 11.1 Å². The van der Waals surface area contributed by atoms with Crippen LogP contribution in [0.4, 0.5) is 0 Å². The van der Waals surface area contributed by atoms with Gasteiger partial charge in [0.25, 0.3) is 0 Å². The number of ketones is 1. The predicted molar refractivity (Wildman–Crippen MR) is 126 cm³/mol. The van der Waals surface area contributed by atoms with Crippen molar-refractivity contribution >= 4 is 5.78 Å². The molecule has 0 amide bonds. The zero-order valence-corrected chi connectivity index (χ0v) is 18.1. The van der Waals surface area contributed by atoms with Gasteiger partial charge in [0.2, 0.25) is 0 Å². The van der Waals surface area contributed by atoms with E-state index in [1.807, 2.05) is 12.1 Å². The zero-order chi connectivity index (χ0) is 21.4. The molecule has 31 heavy (non-hydrogen) atoms. The third kappa shape index (κ3) is 2.24. The van der Waals surface area contributed by atoms with E-state index < -0.39 is 5.41 Å². The summed E-state index contributed by atoms with van der Waals surface area (Å²) < 4.78 is 0. The summed E-state index contributed by atoms with van der Waals surface area (Å²) in [6.07, 6.45) is 0. The summed E-state index contributed by atoms with van der Waals surface area (Å²) in [7, 11) is 0. The van der Waals surface area contributed by atoms with Crippen LogP contribution in [0.3, 0.4) is 0 Å². The highest BCUT2D eigenvalue weighted by atomic mass is 16.1. The molecule has 2 aliphatic rings. The number of carbonyl (C=O) groups excluding carboxylic acids is 1. The minimum absolute atomic E-state index is 0.00608. The molecule has 0 fully saturated rings. The highest BCUT2D eigenvalue weighted by Gasteiger charge is 2.51. The molecule has 0 N–H and O–H groups in total. The van der Waals surface area contributed by atoms with E-state index in [1.165, 1.54) is 27.8 Å². The Hall–Kier alpha value is -3.45. The highest BCUT2D eigenvalue weighted by molar-refractivity contribution is 6.15. The van der Waals surface area contributed by atoms with E-state index in [9.17, 15) is 4.79 Å². The monoisotopic (exact) mass is 400 g/mol. The van der Waals surface area contributed by atoms with Crippen molar-refractivity contribution in [3.8, 4) is 11.1 Å². The molecule has 6 rings (SSSR count). The van der Waals surface area contributed by atoms with E-state index in [0.717, 1.165) is 22.3 Å². The Labute approximate surface area is 183 Å². The molecule has 0 atom stereocenters. The van der Waals surface area contributed by atoms with Crippen LogP contribution in [-0.2, 0) is 10.8 Å². The summed E-state index contributed by atoms with van der Waals surface area (Å²) in [6, 6.07) is 32.1. The normalized spacial score (nSPS) is 15.3. The van der Waals surface area contributed by atoms with E-state index in [2.05, 4.69) is 99.6 Å². The summed E-state index contributed by atoms with van der Waals surface area (Å²) in [5.74, 6) is 0.124. The van der Waals surface area contributed by atoms with Crippen LogP contribution in [-0.4, -0.2) is 5.78 Å². The average Bonchev–Trinajstić information content (AvgIpc) is 3.08. The van der Waals surface area contributed by atoms with Gasteiger partial charge in [-0.2, -0.15) is 0 Å². The van der Waals surface area contributed by atoms with Crippen LogP contribution >= 0.6 is 0 Å². The van der Waals surface area contributed by atoms with Crippen molar-refractivity contribution in [1.82, 2.24) is 0 Å². The lowest BCUT2D eigenvalue weighted by atomic mass is 9.60. The standard InChI is InChI=1S/C30H24O/c1-29(2,3)19-16-17-23-27(18-19)30(26-15-9-6-12-22(26)28(23)31)24-13-7-4-10-20(24)21-11-5-8-14-25(21)30/h4-18H,1-3H3. The molecule has 0 unspecified atom stereocenters. The average molecular weight is 401 g/mol. The van der Waals surface area contributed by atoms with E-state index in [1.54, 1.807) is 0 Å². The first-order chi connectivity index (χ1) is 14.9. The first-order valence-electron chi connectivity index (χ1n) is 10.9. The Morgan fingerprint density at radius 3 is 1.55 bits per heavy atom. The van der Waals surface area contributed by atoms with Crippen LogP contribution < -0.4 is 0 Å². The Bertz CT molecular complexity index is 1340. The second kappa shape index (κ2) is 6.04. The van der Waals surface area contributed by atoms with E-state index in [-0.39, 0.29) is 11.2 Å². The number of hydrogen-bond acceptors (Lipinski definition) is 1. The smallest absolute Gasteiger partial charge is 0.193 e. The maximum Gasteiger partial charge on any atom is 0.193 e. The van der Waals surface area contributed by atoms with Crippen LogP contribution in [0.2, 0.25) is 0 Å². The number of hydrogen-bond donors (Lipinski definition) is 0. The number of rotatable bonds is 0. The first kappa shape index (κ1) is 18.3. The molecule has 0 aliphatic heterocycles. The molecular weight excluding hydrogens is 376 g/mol. The quantitative estimate of drug-likeness (QED) is 0.271. The van der Waals surface area contributed by atoms with Gasteiger partial charge in [0.15, 0.2) is 5.78 Å². The fraction of sp³-hybridized carbons (Fsp3) is 0.167. The highest BCUT2D eigenvalue weighted by Crippen LogP contribution is 2.59. The number of benzene rings is 4. The van der Waals surface area contributed by atoms with Gasteiger partial charge in [-0.1, -0.05) is 112 Å². The lowest BCUT2D eigenvalue weighted by Gasteiger charge is -2.40. The van der Waals surface area contributed by atoms with Gasteiger partial charge in [-0.15, -0.1) is 0 Å². The molecule has 150 valence electrons. The Morgan fingerprint density at radius 2 is 1.00 bits per heavy atom. The van der Waals surface area contributed by atoms with E-state index in [4.69, 9.17) is 0 Å². The van der Waals surface area contributed by atoms with Crippen molar-refractivity contribution in [2.45, 2.75) is 31.6 Å². The third-order valence-electron chi connectivity index (χ3n) is 7.06. The number of fused-ring (bicyclic) bond motifs is 9. The van der Waals surface area contributed by atoms with Gasteiger partial charge in [0, 0.05) is 11.1 Å². The molecule has 4 aromatic carbocycles. The zero-order valence-electron chi connectivity index (χ0n) is 18.1. The Balaban J connectivity index is 1.85. The molecule has 0 heterocycles. The molecule has 2 aliphatic carbocycles. The summed E-state index contributed by atoms with van der Waals surface area (Å²) >= 11 is 0. The fourth-order valence-electron chi connectivity index (χ4n) is 5.63. The molecule has 0 saturated heterocycles. The molecule has 0 radical (unpaired) electrons. The van der Waals surface area contributed by atoms with Crippen molar-refractivity contribution in [2.24, 2.45) is 0 Å². The van der Waals surface area contributed by atoms with Crippen LogP contribution in [0.5, 0.6) is 0 Å². The maximum atomic E-state index is 13.6. The van der Waals surface area contributed by atoms with Crippen molar-refractivity contribution in [3.63, 3.8) is 0 Å². The van der Waals surface area contributed by atoms with E-state index in [0.29, 0.717) is 0 Å². The minimum Gasteiger partial charge on any atom is -0.289 e. The molecule has 0 saturated carbocycles. The van der Waals surface area contributed by atoms with E-state index >= 15 is 0 Å². The molecular formula is C30H24O. The van der Waals surface area contributed by atoms with Gasteiger partial charge in [-0.05, 0) is 44.4 Å². The largest absolute Gasteiger partial charge is 0.289 e. The van der Waals surface area contributed by atoms with Crippen molar-refractivity contribution in [2.75, 3.05) is 0 Å². The lowest BCUT2D eigenvalue weighted by molar-refractivity contribution is 0.103. The van der Waals surface area contributed by atoms with Gasteiger partial charge >= 0.3 is 0 Å². The van der Waals surface area contributed by atoms with Gasteiger partial charge in [0.1, 0.15) is 0 Å². The summed E-state index contributed by atoms with van der Waals surface area (Å²) in [4.78, 5) is 13.6. The molecule has 1 nitrogen and oxygen atoms in total. The topological polar surface area (TPSA) is 17.1 Å². The molecule has 1 spiro atoms. The molecule has 4 aromatic rings.